The molecule has 0 aliphatic rings. The van der Waals surface area contributed by atoms with Gasteiger partial charge in [-0.05, 0) is 0 Å². The molecule has 62 valence electrons. The monoisotopic (exact) mass is 174 g/mol. The van der Waals surface area contributed by atoms with Crippen LogP contribution in [-0.2, 0) is 0 Å². The Balaban J connectivity index is 2.63. The van der Waals surface area contributed by atoms with Crippen molar-refractivity contribution in [1.82, 2.24) is 0 Å². The van der Waals surface area contributed by atoms with Gasteiger partial charge in [0.25, 0.3) is 0 Å². The molecular formula is C12H7LiO. The van der Waals surface area contributed by atoms with E-state index >= 15 is 0 Å². The first-order valence-electron chi connectivity index (χ1n) is 4.73. The van der Waals surface area contributed by atoms with E-state index in [1.807, 2.05) is 18.2 Å². The number of para-hydroxylation sites is 2. The predicted octanol–water partition coefficient (Wildman–Crippen LogP) is 2.38. The van der Waals surface area contributed by atoms with Crippen LogP contribution in [0.2, 0.25) is 0 Å². The standard InChI is InChI=1S/C12H7O.Li/c1-3-7-11-9(5-1)10-6-2-4-8-12(10)13-11;/h1-7H;. The molecule has 3 rings (SSSR count). The van der Waals surface area contributed by atoms with Gasteiger partial charge in [0, 0.05) is 0 Å². The van der Waals surface area contributed by atoms with Gasteiger partial charge in [-0.25, -0.2) is 0 Å². The number of benzene rings is 2. The zero-order valence-corrected chi connectivity index (χ0v) is 7.95. The zero-order chi connectivity index (χ0) is 9.54. The van der Waals surface area contributed by atoms with E-state index in [-0.39, 0.29) is 0 Å². The molecule has 0 radical (unpaired) electrons. The maximum atomic E-state index is 5.78. The van der Waals surface area contributed by atoms with Crippen molar-refractivity contribution in [2.45, 2.75) is 0 Å². The van der Waals surface area contributed by atoms with Gasteiger partial charge in [-0.2, -0.15) is 0 Å². The molecule has 2 heteroatoms. The van der Waals surface area contributed by atoms with Gasteiger partial charge in [-0.15, -0.1) is 0 Å². The summed E-state index contributed by atoms with van der Waals surface area (Å²) in [7, 11) is 0. The van der Waals surface area contributed by atoms with Crippen LogP contribution < -0.4 is 4.24 Å². The average Bonchev–Trinajstić information content (AvgIpc) is 2.59. The third kappa shape index (κ3) is 1.03. The summed E-state index contributed by atoms with van der Waals surface area (Å²) in [6.45, 7) is 0. The predicted molar refractivity (Wildman–Crippen MR) is 59.1 cm³/mol. The third-order valence-corrected chi connectivity index (χ3v) is 2.60. The van der Waals surface area contributed by atoms with Crippen LogP contribution in [0.4, 0.5) is 0 Å². The normalized spacial score (nSPS) is 11.3. The van der Waals surface area contributed by atoms with E-state index in [0.29, 0.717) is 0 Å². The Morgan fingerprint density at radius 2 is 1.64 bits per heavy atom. The second-order valence-electron chi connectivity index (χ2n) is 3.55. The Kier molecular flexibility index (Phi) is 1.70. The molecule has 0 bridgehead atoms. The summed E-state index contributed by atoms with van der Waals surface area (Å²) < 4.78 is 6.98. The van der Waals surface area contributed by atoms with Crippen molar-refractivity contribution >= 4 is 43.9 Å². The van der Waals surface area contributed by atoms with Crippen LogP contribution in [-0.4, -0.2) is 17.7 Å². The molecule has 0 fully saturated rings. The molecule has 0 aliphatic heterocycles. The van der Waals surface area contributed by atoms with Gasteiger partial charge in [0.2, 0.25) is 0 Å². The second kappa shape index (κ2) is 2.92. The van der Waals surface area contributed by atoms with Crippen LogP contribution in [0.5, 0.6) is 0 Å². The maximum absolute atomic E-state index is 5.78. The number of fused-ring (bicyclic) bond motifs is 3. The fourth-order valence-corrected chi connectivity index (χ4v) is 1.89. The minimum atomic E-state index is 0.969. The Morgan fingerprint density at radius 1 is 0.857 bits per heavy atom. The average molecular weight is 174 g/mol. The van der Waals surface area contributed by atoms with E-state index in [1.54, 1.807) is 0 Å². The van der Waals surface area contributed by atoms with E-state index in [9.17, 15) is 0 Å². The van der Waals surface area contributed by atoms with Crippen molar-refractivity contribution in [1.29, 1.82) is 0 Å². The zero-order valence-electron chi connectivity index (χ0n) is 7.95. The molecule has 0 N–H and O–H groups in total. The summed E-state index contributed by atoms with van der Waals surface area (Å²) in [4.78, 5) is 0. The van der Waals surface area contributed by atoms with E-state index in [2.05, 4.69) is 42.0 Å². The van der Waals surface area contributed by atoms with Crippen LogP contribution in [0.3, 0.4) is 0 Å². The van der Waals surface area contributed by atoms with Gasteiger partial charge in [0.1, 0.15) is 0 Å². The molecule has 1 nitrogen and oxygen atoms in total. The molecule has 1 heterocycles. The summed E-state index contributed by atoms with van der Waals surface area (Å²) in [6, 6.07) is 14.4. The van der Waals surface area contributed by atoms with Gasteiger partial charge >= 0.3 is 90.8 Å². The first-order chi connectivity index (χ1) is 6.86. The second-order valence-corrected chi connectivity index (χ2v) is 3.55. The van der Waals surface area contributed by atoms with Gasteiger partial charge < -0.3 is 0 Å². The number of hydrogen-bond acceptors (Lipinski definition) is 1. The number of rotatable bonds is 0. The van der Waals surface area contributed by atoms with Crippen LogP contribution in [0, 0.1) is 0 Å². The van der Waals surface area contributed by atoms with Crippen LogP contribution in [0.25, 0.3) is 21.9 Å². The Morgan fingerprint density at radius 3 is 2.57 bits per heavy atom. The fraction of sp³-hybridized carbons (Fsp3) is 0. The van der Waals surface area contributed by atoms with E-state index < -0.39 is 0 Å². The van der Waals surface area contributed by atoms with Crippen molar-refractivity contribution in [3.05, 3.63) is 42.5 Å². The Labute approximate surface area is 90.9 Å². The Bertz CT molecular complexity index is 610. The summed E-state index contributed by atoms with van der Waals surface area (Å²) >= 11 is 2.07. The molecule has 0 unspecified atom stereocenters. The van der Waals surface area contributed by atoms with Gasteiger partial charge in [0.05, 0.1) is 0 Å². The Hall–Kier alpha value is -1.16. The molecule has 1 aromatic heterocycles. The van der Waals surface area contributed by atoms with Gasteiger partial charge in [-0.1, -0.05) is 0 Å². The topological polar surface area (TPSA) is 13.1 Å². The van der Waals surface area contributed by atoms with Crippen LogP contribution >= 0.6 is 0 Å². The minimum absolute atomic E-state index is 0.969. The summed E-state index contributed by atoms with van der Waals surface area (Å²) in [5.74, 6) is 0. The van der Waals surface area contributed by atoms with Crippen LogP contribution in [0.1, 0.15) is 0 Å². The van der Waals surface area contributed by atoms with E-state index in [1.165, 1.54) is 15.0 Å². The number of hydrogen-bond donors (Lipinski definition) is 0. The van der Waals surface area contributed by atoms with Gasteiger partial charge in [0.15, 0.2) is 0 Å². The molecular weight excluding hydrogens is 167 g/mol. The molecule has 0 saturated heterocycles. The number of furan rings is 1. The fourth-order valence-electron chi connectivity index (χ4n) is 1.89. The first kappa shape index (κ1) is 8.17. The molecule has 0 atom stereocenters. The van der Waals surface area contributed by atoms with E-state index in [4.69, 9.17) is 4.42 Å². The SMILES string of the molecule is [Li][c]1cccc2c1oc1ccccc12. The van der Waals surface area contributed by atoms with Crippen molar-refractivity contribution < 1.29 is 4.42 Å². The molecule has 2 aromatic carbocycles. The molecule has 0 spiro atoms. The quantitative estimate of drug-likeness (QED) is 0.477. The van der Waals surface area contributed by atoms with Gasteiger partial charge in [-0.3, -0.25) is 0 Å². The summed E-state index contributed by atoms with van der Waals surface area (Å²) in [6.07, 6.45) is 0. The van der Waals surface area contributed by atoms with Crippen molar-refractivity contribution in [2.24, 2.45) is 0 Å². The summed E-state index contributed by atoms with van der Waals surface area (Å²) in [5, 5.41) is 2.41. The molecule has 0 aliphatic carbocycles. The summed E-state index contributed by atoms with van der Waals surface area (Å²) in [5.41, 5.74) is 1.98. The van der Waals surface area contributed by atoms with Crippen LogP contribution in [0.15, 0.2) is 46.9 Å². The first-order valence-corrected chi connectivity index (χ1v) is 4.73. The van der Waals surface area contributed by atoms with E-state index in [0.717, 1.165) is 11.2 Å². The van der Waals surface area contributed by atoms with Crippen molar-refractivity contribution in [3.8, 4) is 0 Å². The van der Waals surface area contributed by atoms with Crippen molar-refractivity contribution in [3.63, 3.8) is 0 Å². The molecule has 0 amide bonds. The third-order valence-electron chi connectivity index (χ3n) is 2.60. The molecule has 0 saturated carbocycles. The molecule has 3 aromatic rings. The molecule has 14 heavy (non-hydrogen) atoms. The van der Waals surface area contributed by atoms with Crippen molar-refractivity contribution in [2.75, 3.05) is 0 Å².